The molecule has 4 atom stereocenters. The van der Waals surface area contributed by atoms with Crippen molar-refractivity contribution in [2.45, 2.75) is 51.4 Å². The number of hydrogen-bond acceptors (Lipinski definition) is 7. The van der Waals surface area contributed by atoms with E-state index in [1.54, 1.807) is 11.3 Å². The van der Waals surface area contributed by atoms with Crippen LogP contribution in [0.25, 0.3) is 0 Å². The Morgan fingerprint density at radius 2 is 1.43 bits per heavy atom. The van der Waals surface area contributed by atoms with Crippen LogP contribution in [-0.4, -0.2) is 69.3 Å². The summed E-state index contributed by atoms with van der Waals surface area (Å²) in [4.78, 5) is 31.5. The van der Waals surface area contributed by atoms with Crippen molar-refractivity contribution in [3.8, 4) is 0 Å². The van der Waals surface area contributed by atoms with Crippen molar-refractivity contribution < 1.29 is 23.1 Å². The van der Waals surface area contributed by atoms with Crippen LogP contribution in [0.4, 0.5) is 5.69 Å². The lowest BCUT2D eigenvalue weighted by Crippen LogP contribution is -2.49. The average molecular weight is 677 g/mol. The van der Waals surface area contributed by atoms with Gasteiger partial charge in [-0.2, -0.15) is 0 Å². The lowest BCUT2D eigenvalue weighted by Gasteiger charge is -2.31. The molecule has 3 aromatic carbocycles. The van der Waals surface area contributed by atoms with Gasteiger partial charge in [-0.25, -0.2) is 8.42 Å². The molecule has 0 bridgehead atoms. The van der Waals surface area contributed by atoms with Gasteiger partial charge in [-0.15, -0.1) is 11.3 Å². The Kier molecular flexibility index (Phi) is 12.0. The van der Waals surface area contributed by atoms with Gasteiger partial charge in [0.25, 0.3) is 11.8 Å². The first-order chi connectivity index (χ1) is 22.2. The number of sulfonamides is 1. The van der Waals surface area contributed by atoms with Crippen LogP contribution in [-0.2, 0) is 16.4 Å². The van der Waals surface area contributed by atoms with E-state index in [9.17, 15) is 23.1 Å². The Balaban J connectivity index is 1.62. The number of carbonyl (C=O) groups is 2. The molecule has 9 nitrogen and oxygen atoms in total. The standard InChI is InChI=1S/C36H44N4O5S2/c1-24-17-18-34(46-24)25(2)37-35(42)29-20-30(22-31(21-29)40(5)47(6,44)45)36(43)38-32(19-27-13-9-7-10-14-27)33(41)23-39(4)26(3)28-15-11-8-12-16-28/h7-18,20-22,25-26,32-33,41H,19,23H2,1-6H3,(H,37,42)(H,38,43)/t25?,26-,32-,33+/m0/s1. The molecule has 0 fully saturated rings. The van der Waals surface area contributed by atoms with Gasteiger partial charge in [0.2, 0.25) is 10.0 Å². The van der Waals surface area contributed by atoms with Gasteiger partial charge >= 0.3 is 0 Å². The molecule has 0 aliphatic rings. The van der Waals surface area contributed by atoms with Gasteiger partial charge in [-0.05, 0) is 75.7 Å². The number of hydrogen-bond donors (Lipinski definition) is 3. The van der Waals surface area contributed by atoms with Crippen LogP contribution in [0.5, 0.6) is 0 Å². The van der Waals surface area contributed by atoms with E-state index in [2.05, 4.69) is 17.6 Å². The Morgan fingerprint density at radius 1 is 0.851 bits per heavy atom. The summed E-state index contributed by atoms with van der Waals surface area (Å²) in [6.07, 6.45) is 0.463. The lowest BCUT2D eigenvalue weighted by atomic mass is 9.99. The highest BCUT2D eigenvalue weighted by atomic mass is 32.2. The quantitative estimate of drug-likeness (QED) is 0.166. The number of aliphatic hydroxyl groups is 1. The van der Waals surface area contributed by atoms with Gasteiger partial charge < -0.3 is 15.7 Å². The number of benzene rings is 3. The molecule has 0 spiro atoms. The van der Waals surface area contributed by atoms with E-state index in [1.807, 2.05) is 98.6 Å². The second kappa shape index (κ2) is 15.7. The molecule has 0 radical (unpaired) electrons. The van der Waals surface area contributed by atoms with E-state index in [4.69, 9.17) is 0 Å². The zero-order valence-electron chi connectivity index (χ0n) is 27.7. The van der Waals surface area contributed by atoms with Gasteiger partial charge in [0.15, 0.2) is 0 Å². The molecule has 0 saturated heterocycles. The number of nitrogens with one attached hydrogen (secondary N) is 2. The number of rotatable bonds is 14. The Hall–Kier alpha value is -4.03. The fourth-order valence-electron chi connectivity index (χ4n) is 5.25. The fraction of sp³-hybridized carbons (Fsp3) is 0.333. The third-order valence-corrected chi connectivity index (χ3v) is 10.7. The van der Waals surface area contributed by atoms with E-state index >= 15 is 0 Å². The molecule has 4 rings (SSSR count). The van der Waals surface area contributed by atoms with Crippen molar-refractivity contribution in [3.05, 3.63) is 123 Å². The van der Waals surface area contributed by atoms with E-state index in [-0.39, 0.29) is 35.4 Å². The molecule has 250 valence electrons. The van der Waals surface area contributed by atoms with E-state index in [0.717, 1.165) is 31.4 Å². The highest BCUT2D eigenvalue weighted by Crippen LogP contribution is 2.25. The molecule has 11 heteroatoms. The van der Waals surface area contributed by atoms with Crippen LogP contribution in [0.3, 0.4) is 0 Å². The van der Waals surface area contributed by atoms with Crippen molar-refractivity contribution in [3.63, 3.8) is 0 Å². The highest BCUT2D eigenvalue weighted by molar-refractivity contribution is 7.92. The summed E-state index contributed by atoms with van der Waals surface area (Å²) in [5, 5.41) is 17.5. The van der Waals surface area contributed by atoms with Crippen LogP contribution in [0.1, 0.15) is 67.5 Å². The molecular formula is C36H44N4O5S2. The predicted octanol–water partition coefficient (Wildman–Crippen LogP) is 5.34. The van der Waals surface area contributed by atoms with E-state index < -0.39 is 34.0 Å². The third-order valence-electron chi connectivity index (χ3n) is 8.34. The van der Waals surface area contributed by atoms with Crippen LogP contribution in [0, 0.1) is 6.92 Å². The van der Waals surface area contributed by atoms with E-state index in [1.165, 1.54) is 25.2 Å². The number of thiophene rings is 1. The summed E-state index contributed by atoms with van der Waals surface area (Å²) < 4.78 is 26.0. The van der Waals surface area contributed by atoms with Gasteiger partial charge in [0.1, 0.15) is 0 Å². The summed E-state index contributed by atoms with van der Waals surface area (Å²) in [6, 6.07) is 26.9. The average Bonchev–Trinajstić information content (AvgIpc) is 3.50. The highest BCUT2D eigenvalue weighted by Gasteiger charge is 2.27. The van der Waals surface area contributed by atoms with Gasteiger partial charge in [0, 0.05) is 40.5 Å². The molecule has 1 aromatic heterocycles. The number of likely N-dealkylation sites (N-methyl/N-ethyl adjacent to an activating group) is 1. The minimum Gasteiger partial charge on any atom is -0.390 e. The molecule has 0 aliphatic heterocycles. The maximum Gasteiger partial charge on any atom is 0.251 e. The maximum absolute atomic E-state index is 13.9. The molecule has 1 heterocycles. The number of nitrogens with zero attached hydrogens (tertiary/aromatic N) is 2. The first kappa shape index (κ1) is 35.8. The van der Waals surface area contributed by atoms with Crippen LogP contribution in [0.15, 0.2) is 91.0 Å². The fourth-order valence-corrected chi connectivity index (χ4v) is 6.62. The largest absolute Gasteiger partial charge is 0.390 e. The summed E-state index contributed by atoms with van der Waals surface area (Å²) in [6.45, 7) is 6.19. The molecule has 0 saturated carbocycles. The van der Waals surface area contributed by atoms with Crippen LogP contribution in [0.2, 0.25) is 0 Å². The third kappa shape index (κ3) is 9.74. The minimum atomic E-state index is -3.70. The summed E-state index contributed by atoms with van der Waals surface area (Å²) >= 11 is 1.57. The van der Waals surface area contributed by atoms with Crippen molar-refractivity contribution in [2.24, 2.45) is 0 Å². The summed E-state index contributed by atoms with van der Waals surface area (Å²) in [7, 11) is -0.401. The minimum absolute atomic E-state index is 0.0173. The van der Waals surface area contributed by atoms with Gasteiger partial charge in [-0.3, -0.25) is 18.8 Å². The first-order valence-corrected chi connectivity index (χ1v) is 18.1. The number of amides is 2. The monoisotopic (exact) mass is 676 g/mol. The normalized spacial score (nSPS) is 14.2. The first-order valence-electron chi connectivity index (χ1n) is 15.5. The molecule has 47 heavy (non-hydrogen) atoms. The zero-order valence-corrected chi connectivity index (χ0v) is 29.3. The Labute approximate surface area is 282 Å². The van der Waals surface area contributed by atoms with Gasteiger partial charge in [0.05, 0.1) is 30.1 Å². The molecule has 1 unspecified atom stereocenters. The van der Waals surface area contributed by atoms with Crippen molar-refractivity contribution >= 4 is 38.9 Å². The SMILES string of the molecule is Cc1ccc(C(C)NC(=O)c2cc(C(=O)N[C@@H](Cc3ccccc3)[C@H](O)CN(C)[C@@H](C)c3ccccc3)cc(N(C)S(C)(=O)=O)c2)s1. The van der Waals surface area contributed by atoms with Crippen molar-refractivity contribution in [1.29, 1.82) is 0 Å². The predicted molar refractivity (Wildman–Crippen MR) is 190 cm³/mol. The number of anilines is 1. The number of carbonyl (C=O) groups excluding carboxylic acids is 2. The maximum atomic E-state index is 13.9. The summed E-state index contributed by atoms with van der Waals surface area (Å²) in [5.41, 5.74) is 2.44. The number of aliphatic hydroxyl groups excluding tert-OH is 1. The smallest absolute Gasteiger partial charge is 0.251 e. The molecular weight excluding hydrogens is 633 g/mol. The molecule has 0 aliphatic carbocycles. The Bertz CT molecular complexity index is 1760. The van der Waals surface area contributed by atoms with Crippen molar-refractivity contribution in [1.82, 2.24) is 15.5 Å². The topological polar surface area (TPSA) is 119 Å². The summed E-state index contributed by atoms with van der Waals surface area (Å²) in [5.74, 6) is -0.984. The molecule has 2 amide bonds. The molecule has 3 N–H and O–H groups in total. The molecule has 4 aromatic rings. The van der Waals surface area contributed by atoms with Crippen LogP contribution >= 0.6 is 11.3 Å². The number of aryl methyl sites for hydroxylation is 1. The van der Waals surface area contributed by atoms with Crippen molar-refractivity contribution in [2.75, 3.05) is 31.2 Å². The van der Waals surface area contributed by atoms with E-state index in [0.29, 0.717) is 6.42 Å². The lowest BCUT2D eigenvalue weighted by molar-refractivity contribution is 0.0656. The second-order valence-corrected chi connectivity index (χ2v) is 15.3. The zero-order chi connectivity index (χ0) is 34.3. The van der Waals surface area contributed by atoms with Gasteiger partial charge in [-0.1, -0.05) is 60.7 Å². The second-order valence-electron chi connectivity index (χ2n) is 12.0. The Morgan fingerprint density at radius 3 is 1.98 bits per heavy atom. The van der Waals surface area contributed by atoms with Crippen LogP contribution < -0.4 is 14.9 Å².